The van der Waals surface area contributed by atoms with E-state index in [1.807, 2.05) is 22.5 Å². The summed E-state index contributed by atoms with van der Waals surface area (Å²) < 4.78 is 1.99. The van der Waals surface area contributed by atoms with Crippen molar-refractivity contribution >= 4 is 22.8 Å². The van der Waals surface area contributed by atoms with Gasteiger partial charge in [0.2, 0.25) is 0 Å². The Hall–Kier alpha value is -2.30. The van der Waals surface area contributed by atoms with Crippen molar-refractivity contribution in [3.63, 3.8) is 0 Å². The lowest BCUT2D eigenvalue weighted by Crippen LogP contribution is -2.30. The molecule has 0 fully saturated rings. The van der Waals surface area contributed by atoms with E-state index in [4.69, 9.17) is 5.11 Å². The molecule has 110 valence electrons. The summed E-state index contributed by atoms with van der Waals surface area (Å²) >= 11 is 0. The van der Waals surface area contributed by atoms with Crippen molar-refractivity contribution in [2.24, 2.45) is 0 Å². The molecule has 0 bridgehead atoms. The van der Waals surface area contributed by atoms with Gasteiger partial charge in [0.15, 0.2) is 0 Å². The minimum absolute atomic E-state index is 0.0231. The Morgan fingerprint density at radius 3 is 2.81 bits per heavy atom. The SMILES string of the molecule is CCN1CC[C@H](C)n2c(cc3ccc(C(=O)O)cc32)C1=O. The van der Waals surface area contributed by atoms with Crippen LogP contribution in [-0.4, -0.2) is 39.5 Å². The monoisotopic (exact) mass is 286 g/mol. The largest absolute Gasteiger partial charge is 0.478 e. The van der Waals surface area contributed by atoms with Crippen LogP contribution in [0, 0.1) is 0 Å². The Balaban J connectivity index is 2.25. The molecule has 2 heterocycles. The van der Waals surface area contributed by atoms with Crippen LogP contribution in [0.5, 0.6) is 0 Å². The highest BCUT2D eigenvalue weighted by Gasteiger charge is 2.27. The molecule has 0 saturated carbocycles. The number of carbonyl (C=O) groups is 2. The lowest BCUT2D eigenvalue weighted by Gasteiger charge is -2.17. The number of carboxylic acid groups (broad SMARTS) is 1. The van der Waals surface area contributed by atoms with E-state index in [1.54, 1.807) is 18.2 Å². The molecule has 5 heteroatoms. The molecule has 0 saturated heterocycles. The van der Waals surface area contributed by atoms with Crippen molar-refractivity contribution < 1.29 is 14.7 Å². The van der Waals surface area contributed by atoms with E-state index in [2.05, 4.69) is 6.92 Å². The smallest absolute Gasteiger partial charge is 0.335 e. The van der Waals surface area contributed by atoms with Crippen molar-refractivity contribution in [1.29, 1.82) is 0 Å². The number of amides is 1. The van der Waals surface area contributed by atoms with Crippen LogP contribution in [0.1, 0.15) is 47.2 Å². The number of hydrogen-bond acceptors (Lipinski definition) is 2. The minimum atomic E-state index is -0.949. The Labute approximate surface area is 122 Å². The fraction of sp³-hybridized carbons (Fsp3) is 0.375. The van der Waals surface area contributed by atoms with Crippen LogP contribution in [-0.2, 0) is 0 Å². The molecule has 0 radical (unpaired) electrons. The van der Waals surface area contributed by atoms with Gasteiger partial charge in [-0.2, -0.15) is 0 Å². The molecular weight excluding hydrogens is 268 g/mol. The van der Waals surface area contributed by atoms with E-state index in [1.165, 1.54) is 0 Å². The first-order valence-corrected chi connectivity index (χ1v) is 7.20. The predicted octanol–water partition coefficient (Wildman–Crippen LogP) is 2.77. The van der Waals surface area contributed by atoms with Crippen molar-refractivity contribution in [2.75, 3.05) is 13.1 Å². The number of hydrogen-bond donors (Lipinski definition) is 1. The number of fused-ring (bicyclic) bond motifs is 3. The highest BCUT2D eigenvalue weighted by Crippen LogP contribution is 2.30. The van der Waals surface area contributed by atoms with Gasteiger partial charge in [-0.1, -0.05) is 6.07 Å². The zero-order chi connectivity index (χ0) is 15.1. The Kier molecular flexibility index (Phi) is 3.20. The van der Waals surface area contributed by atoms with Gasteiger partial charge < -0.3 is 14.6 Å². The second kappa shape index (κ2) is 4.91. The maximum absolute atomic E-state index is 12.6. The van der Waals surface area contributed by atoms with E-state index in [0.717, 1.165) is 23.9 Å². The minimum Gasteiger partial charge on any atom is -0.478 e. The average Bonchev–Trinajstić information content (AvgIpc) is 2.80. The number of carbonyl (C=O) groups excluding carboxylic acids is 1. The van der Waals surface area contributed by atoms with Crippen LogP contribution in [0.15, 0.2) is 24.3 Å². The third kappa shape index (κ3) is 2.09. The summed E-state index contributed by atoms with van der Waals surface area (Å²) in [5, 5.41) is 10.1. The summed E-state index contributed by atoms with van der Waals surface area (Å²) in [6.45, 7) is 5.47. The van der Waals surface area contributed by atoms with Gasteiger partial charge in [-0.05, 0) is 38.5 Å². The zero-order valence-electron chi connectivity index (χ0n) is 12.2. The number of aromatic carboxylic acids is 1. The first kappa shape index (κ1) is 13.7. The molecule has 1 amide bonds. The summed E-state index contributed by atoms with van der Waals surface area (Å²) in [7, 11) is 0. The highest BCUT2D eigenvalue weighted by atomic mass is 16.4. The first-order valence-electron chi connectivity index (χ1n) is 7.20. The van der Waals surface area contributed by atoms with Gasteiger partial charge in [0, 0.05) is 30.0 Å². The van der Waals surface area contributed by atoms with Gasteiger partial charge in [-0.25, -0.2) is 4.79 Å². The molecule has 0 unspecified atom stereocenters. The van der Waals surface area contributed by atoms with Gasteiger partial charge >= 0.3 is 5.97 Å². The van der Waals surface area contributed by atoms with Crippen LogP contribution in [0.3, 0.4) is 0 Å². The Bertz CT molecular complexity index is 732. The fourth-order valence-electron chi connectivity index (χ4n) is 3.03. The number of carboxylic acids is 1. The van der Waals surface area contributed by atoms with E-state index in [-0.39, 0.29) is 17.5 Å². The molecule has 0 aliphatic carbocycles. The lowest BCUT2D eigenvalue weighted by molar-refractivity contribution is 0.0696. The fourth-order valence-corrected chi connectivity index (χ4v) is 3.03. The van der Waals surface area contributed by atoms with Gasteiger partial charge in [-0.15, -0.1) is 0 Å². The van der Waals surface area contributed by atoms with Crippen molar-refractivity contribution in [3.8, 4) is 0 Å². The van der Waals surface area contributed by atoms with Crippen LogP contribution < -0.4 is 0 Å². The van der Waals surface area contributed by atoms with E-state index in [0.29, 0.717) is 12.2 Å². The van der Waals surface area contributed by atoms with Crippen LogP contribution >= 0.6 is 0 Å². The van der Waals surface area contributed by atoms with Crippen LogP contribution in [0.25, 0.3) is 10.9 Å². The molecule has 1 N–H and O–H groups in total. The number of aromatic nitrogens is 1. The normalized spacial score (nSPS) is 18.7. The summed E-state index contributed by atoms with van der Waals surface area (Å²) in [4.78, 5) is 25.6. The quantitative estimate of drug-likeness (QED) is 0.923. The number of rotatable bonds is 2. The third-order valence-corrected chi connectivity index (χ3v) is 4.23. The van der Waals surface area contributed by atoms with Gasteiger partial charge in [0.1, 0.15) is 5.69 Å². The van der Waals surface area contributed by atoms with Crippen LogP contribution in [0.2, 0.25) is 0 Å². The summed E-state index contributed by atoms with van der Waals surface area (Å²) in [5.74, 6) is -0.926. The van der Waals surface area contributed by atoms with Gasteiger partial charge in [0.05, 0.1) is 5.56 Å². The molecule has 1 aromatic carbocycles. The molecule has 1 aromatic heterocycles. The molecule has 1 aliphatic rings. The topological polar surface area (TPSA) is 62.5 Å². The second-order valence-corrected chi connectivity index (χ2v) is 5.50. The van der Waals surface area contributed by atoms with Crippen LogP contribution in [0.4, 0.5) is 0 Å². The molecule has 3 rings (SSSR count). The van der Waals surface area contributed by atoms with Crippen molar-refractivity contribution in [3.05, 3.63) is 35.5 Å². The van der Waals surface area contributed by atoms with Crippen molar-refractivity contribution in [2.45, 2.75) is 26.3 Å². The molecular formula is C16H18N2O3. The van der Waals surface area contributed by atoms with E-state index in [9.17, 15) is 9.59 Å². The second-order valence-electron chi connectivity index (χ2n) is 5.50. The maximum Gasteiger partial charge on any atom is 0.335 e. The summed E-state index contributed by atoms with van der Waals surface area (Å²) in [5.41, 5.74) is 1.72. The summed E-state index contributed by atoms with van der Waals surface area (Å²) in [6, 6.07) is 7.05. The predicted molar refractivity (Wildman–Crippen MR) is 79.8 cm³/mol. The Morgan fingerprint density at radius 1 is 1.38 bits per heavy atom. The Morgan fingerprint density at radius 2 is 2.14 bits per heavy atom. The lowest BCUT2D eigenvalue weighted by atomic mass is 10.1. The average molecular weight is 286 g/mol. The van der Waals surface area contributed by atoms with Gasteiger partial charge in [-0.3, -0.25) is 4.79 Å². The highest BCUT2D eigenvalue weighted by molar-refractivity contribution is 6.01. The molecule has 0 spiro atoms. The molecule has 21 heavy (non-hydrogen) atoms. The molecule has 1 atom stereocenters. The van der Waals surface area contributed by atoms with E-state index >= 15 is 0 Å². The summed E-state index contributed by atoms with van der Waals surface area (Å²) in [6.07, 6.45) is 0.869. The van der Waals surface area contributed by atoms with E-state index < -0.39 is 5.97 Å². The standard InChI is InChI=1S/C16H18N2O3/c1-3-17-7-6-10(2)18-13-9-12(16(20)21)5-4-11(13)8-14(18)15(17)19/h4-5,8-10H,3,6-7H2,1-2H3,(H,20,21)/t10-/m0/s1. The zero-order valence-corrected chi connectivity index (χ0v) is 12.2. The maximum atomic E-state index is 12.6. The number of nitrogens with zero attached hydrogens (tertiary/aromatic N) is 2. The molecule has 5 nitrogen and oxygen atoms in total. The first-order chi connectivity index (χ1) is 10.0. The third-order valence-electron chi connectivity index (χ3n) is 4.23. The molecule has 1 aliphatic heterocycles. The van der Waals surface area contributed by atoms with Crippen molar-refractivity contribution in [1.82, 2.24) is 9.47 Å². The molecule has 2 aromatic rings. The number of benzene rings is 1. The van der Waals surface area contributed by atoms with Gasteiger partial charge in [0.25, 0.3) is 5.91 Å².